The Hall–Kier alpha value is -1.81. The van der Waals surface area contributed by atoms with Crippen molar-refractivity contribution >= 4 is 23.3 Å². The largest absolute Gasteiger partial charge is 0.472 e. The van der Waals surface area contributed by atoms with Gasteiger partial charge in [-0.25, -0.2) is 0 Å². The summed E-state index contributed by atoms with van der Waals surface area (Å²) in [4.78, 5) is 14.0. The smallest absolute Gasteiger partial charge is 0.246 e. The Labute approximate surface area is 122 Å². The van der Waals surface area contributed by atoms with Crippen molar-refractivity contribution in [3.05, 3.63) is 52.6 Å². The molecule has 0 N–H and O–H groups in total. The fraction of sp³-hybridized carbons (Fsp3) is 0.312. The normalized spacial score (nSPS) is 16.9. The van der Waals surface area contributed by atoms with E-state index in [-0.39, 0.29) is 5.91 Å². The van der Waals surface area contributed by atoms with Gasteiger partial charge in [0.2, 0.25) is 5.91 Å². The molecule has 3 rings (SSSR count). The Morgan fingerprint density at radius 2 is 2.20 bits per heavy atom. The van der Waals surface area contributed by atoms with Gasteiger partial charge >= 0.3 is 0 Å². The van der Waals surface area contributed by atoms with Gasteiger partial charge in [-0.05, 0) is 53.3 Å². The molecule has 1 fully saturated rings. The first-order chi connectivity index (χ1) is 9.83. The van der Waals surface area contributed by atoms with Crippen LogP contribution in [0.5, 0.6) is 0 Å². The van der Waals surface area contributed by atoms with E-state index in [9.17, 15) is 4.79 Å². The lowest BCUT2D eigenvalue weighted by Crippen LogP contribution is -2.36. The summed E-state index contributed by atoms with van der Waals surface area (Å²) in [5.41, 5.74) is 2.35. The van der Waals surface area contributed by atoms with Crippen LogP contribution in [0.25, 0.3) is 6.08 Å². The van der Waals surface area contributed by atoms with Crippen LogP contribution in [0.15, 0.2) is 45.9 Å². The zero-order valence-electron chi connectivity index (χ0n) is 11.2. The minimum absolute atomic E-state index is 0.0926. The van der Waals surface area contributed by atoms with Gasteiger partial charge in [-0.3, -0.25) is 4.79 Å². The quantitative estimate of drug-likeness (QED) is 0.805. The highest BCUT2D eigenvalue weighted by Gasteiger charge is 2.22. The third-order valence-electron chi connectivity index (χ3n) is 3.78. The van der Waals surface area contributed by atoms with E-state index in [0.717, 1.165) is 31.5 Å². The summed E-state index contributed by atoms with van der Waals surface area (Å²) in [6.45, 7) is 1.68. The average molecular weight is 287 g/mol. The van der Waals surface area contributed by atoms with E-state index in [1.54, 1.807) is 36.0 Å². The predicted molar refractivity (Wildman–Crippen MR) is 80.6 cm³/mol. The maximum atomic E-state index is 12.1. The molecule has 4 heteroatoms. The Kier molecular flexibility index (Phi) is 4.02. The van der Waals surface area contributed by atoms with E-state index in [4.69, 9.17) is 4.42 Å². The molecule has 0 unspecified atom stereocenters. The Balaban J connectivity index is 1.54. The van der Waals surface area contributed by atoms with E-state index in [0.29, 0.717) is 5.92 Å². The van der Waals surface area contributed by atoms with Gasteiger partial charge in [-0.1, -0.05) is 0 Å². The third kappa shape index (κ3) is 3.02. The van der Waals surface area contributed by atoms with Crippen molar-refractivity contribution in [1.29, 1.82) is 0 Å². The average Bonchev–Trinajstić information content (AvgIpc) is 3.18. The summed E-state index contributed by atoms with van der Waals surface area (Å²) in [5, 5.41) is 4.35. The van der Waals surface area contributed by atoms with Gasteiger partial charge in [0.05, 0.1) is 12.5 Å². The Bertz CT molecular complexity index is 564. The summed E-state index contributed by atoms with van der Waals surface area (Å²) >= 11 is 1.75. The van der Waals surface area contributed by atoms with Crippen molar-refractivity contribution in [2.75, 3.05) is 13.1 Å². The second kappa shape index (κ2) is 6.09. The highest BCUT2D eigenvalue weighted by atomic mass is 32.1. The lowest BCUT2D eigenvalue weighted by atomic mass is 9.91. The van der Waals surface area contributed by atoms with Crippen molar-refractivity contribution in [3.63, 3.8) is 0 Å². The van der Waals surface area contributed by atoms with Crippen molar-refractivity contribution in [2.45, 2.75) is 18.8 Å². The molecule has 0 aromatic carbocycles. The predicted octanol–water partition coefficient (Wildman–Crippen LogP) is 3.76. The van der Waals surface area contributed by atoms with Gasteiger partial charge in [0, 0.05) is 24.7 Å². The minimum atomic E-state index is 0.0926. The number of hydrogen-bond donors (Lipinski definition) is 0. The second-order valence-electron chi connectivity index (χ2n) is 5.05. The number of piperidine rings is 1. The van der Waals surface area contributed by atoms with Crippen LogP contribution in [-0.4, -0.2) is 23.9 Å². The fourth-order valence-corrected chi connectivity index (χ4v) is 3.33. The first-order valence-corrected chi connectivity index (χ1v) is 7.78. The summed E-state index contributed by atoms with van der Waals surface area (Å²) in [6, 6.07) is 4.04. The summed E-state index contributed by atoms with van der Waals surface area (Å²) in [6.07, 6.45) is 8.79. The molecule has 0 aliphatic carbocycles. The van der Waals surface area contributed by atoms with Gasteiger partial charge in [0.25, 0.3) is 0 Å². The molecule has 3 heterocycles. The van der Waals surface area contributed by atoms with Gasteiger partial charge in [-0.2, -0.15) is 11.3 Å². The topological polar surface area (TPSA) is 33.5 Å². The first kappa shape index (κ1) is 13.2. The van der Waals surface area contributed by atoms with Crippen LogP contribution in [0.3, 0.4) is 0 Å². The van der Waals surface area contributed by atoms with Crippen LogP contribution >= 0.6 is 11.3 Å². The van der Waals surface area contributed by atoms with Crippen molar-refractivity contribution in [2.24, 2.45) is 0 Å². The second-order valence-corrected chi connectivity index (χ2v) is 5.83. The van der Waals surface area contributed by atoms with E-state index < -0.39 is 0 Å². The zero-order valence-corrected chi connectivity index (χ0v) is 12.0. The van der Waals surface area contributed by atoms with Crippen LogP contribution in [0, 0.1) is 0 Å². The van der Waals surface area contributed by atoms with Gasteiger partial charge < -0.3 is 9.32 Å². The molecule has 0 bridgehead atoms. The van der Waals surface area contributed by atoms with E-state index in [1.807, 2.05) is 11.0 Å². The maximum Gasteiger partial charge on any atom is 0.246 e. The number of carbonyl (C=O) groups is 1. The number of hydrogen-bond acceptors (Lipinski definition) is 3. The monoisotopic (exact) mass is 287 g/mol. The van der Waals surface area contributed by atoms with E-state index in [1.165, 1.54) is 5.56 Å². The number of amides is 1. The van der Waals surface area contributed by atoms with Gasteiger partial charge in [-0.15, -0.1) is 0 Å². The molecule has 0 radical (unpaired) electrons. The lowest BCUT2D eigenvalue weighted by molar-refractivity contribution is -0.126. The van der Waals surface area contributed by atoms with E-state index in [2.05, 4.69) is 16.8 Å². The highest BCUT2D eigenvalue weighted by molar-refractivity contribution is 7.07. The molecular formula is C16H17NO2S. The molecule has 104 valence electrons. The molecule has 0 atom stereocenters. The zero-order chi connectivity index (χ0) is 13.8. The molecular weight excluding hydrogens is 270 g/mol. The summed E-state index contributed by atoms with van der Waals surface area (Å²) in [5.74, 6) is 0.707. The van der Waals surface area contributed by atoms with Crippen LogP contribution in [0.1, 0.15) is 29.9 Å². The molecule has 1 saturated heterocycles. The van der Waals surface area contributed by atoms with Crippen LogP contribution in [-0.2, 0) is 4.79 Å². The number of furan rings is 1. The minimum Gasteiger partial charge on any atom is -0.472 e. The summed E-state index contributed by atoms with van der Waals surface area (Å²) < 4.78 is 4.97. The molecule has 1 amide bonds. The molecule has 2 aromatic heterocycles. The lowest BCUT2D eigenvalue weighted by Gasteiger charge is -2.31. The molecule has 20 heavy (non-hydrogen) atoms. The van der Waals surface area contributed by atoms with Crippen molar-refractivity contribution in [1.82, 2.24) is 4.90 Å². The molecule has 3 nitrogen and oxygen atoms in total. The summed E-state index contributed by atoms with van der Waals surface area (Å²) in [7, 11) is 0. The maximum absolute atomic E-state index is 12.1. The number of nitrogens with zero attached hydrogens (tertiary/aromatic N) is 1. The molecule has 0 spiro atoms. The highest BCUT2D eigenvalue weighted by Crippen LogP contribution is 2.29. The molecule has 2 aromatic rings. The number of thiophene rings is 1. The number of rotatable bonds is 3. The van der Waals surface area contributed by atoms with Gasteiger partial charge in [0.15, 0.2) is 0 Å². The van der Waals surface area contributed by atoms with Gasteiger partial charge in [0.1, 0.15) is 0 Å². The van der Waals surface area contributed by atoms with Crippen LogP contribution in [0.4, 0.5) is 0 Å². The first-order valence-electron chi connectivity index (χ1n) is 6.84. The van der Waals surface area contributed by atoms with Crippen LogP contribution in [0.2, 0.25) is 0 Å². The van der Waals surface area contributed by atoms with E-state index >= 15 is 0 Å². The molecule has 0 saturated carbocycles. The van der Waals surface area contributed by atoms with Crippen molar-refractivity contribution in [3.8, 4) is 0 Å². The number of carbonyl (C=O) groups excluding carboxylic acids is 1. The SMILES string of the molecule is O=C(/C=C/c1ccoc1)N1CCC(c2ccsc2)CC1. The molecule has 1 aliphatic heterocycles. The third-order valence-corrected chi connectivity index (χ3v) is 4.48. The Morgan fingerprint density at radius 3 is 2.85 bits per heavy atom. The standard InChI is InChI=1S/C16H17NO2S/c18-16(2-1-13-5-9-19-11-13)17-7-3-14(4-8-17)15-6-10-20-12-15/h1-2,5-6,9-12,14H,3-4,7-8H2/b2-1+. The fourth-order valence-electron chi connectivity index (χ4n) is 2.58. The number of likely N-dealkylation sites (tertiary alicyclic amines) is 1. The Morgan fingerprint density at radius 1 is 1.35 bits per heavy atom. The van der Waals surface area contributed by atoms with Crippen molar-refractivity contribution < 1.29 is 9.21 Å². The molecule has 1 aliphatic rings. The van der Waals surface area contributed by atoms with Crippen LogP contribution < -0.4 is 0 Å².